The van der Waals surface area contributed by atoms with E-state index in [2.05, 4.69) is 10.0 Å². The number of carbonyl (C=O) groups excluding carboxylic acids is 1. The lowest BCUT2D eigenvalue weighted by atomic mass is 10.1. The maximum absolute atomic E-state index is 12.6. The van der Waals surface area contributed by atoms with Crippen molar-refractivity contribution in [2.24, 2.45) is 0 Å². The summed E-state index contributed by atoms with van der Waals surface area (Å²) < 4.78 is 43.7. The molecule has 8 nitrogen and oxygen atoms in total. The van der Waals surface area contributed by atoms with Gasteiger partial charge in [0.1, 0.15) is 5.75 Å². The zero-order chi connectivity index (χ0) is 25.4. The average Bonchev–Trinajstić information content (AvgIpc) is 2.85. The molecule has 0 heterocycles. The summed E-state index contributed by atoms with van der Waals surface area (Å²) in [6, 6.07) is 16.1. The van der Waals surface area contributed by atoms with Crippen molar-refractivity contribution in [3.05, 3.63) is 76.3 Å². The van der Waals surface area contributed by atoms with Gasteiger partial charge in [-0.2, -0.15) is 0 Å². The number of halogens is 2. The van der Waals surface area contributed by atoms with Gasteiger partial charge in [0, 0.05) is 6.54 Å². The van der Waals surface area contributed by atoms with Crippen LogP contribution in [0.15, 0.2) is 65.6 Å². The van der Waals surface area contributed by atoms with E-state index in [4.69, 9.17) is 37.4 Å². The molecule has 0 radical (unpaired) electrons. The molecule has 0 atom stereocenters. The number of nitrogens with one attached hydrogen (secondary N) is 2. The minimum Gasteiger partial charge on any atom is -0.493 e. The van der Waals surface area contributed by atoms with Crippen LogP contribution in [0.4, 0.5) is 5.69 Å². The Morgan fingerprint density at radius 3 is 2.34 bits per heavy atom. The first-order valence-corrected chi connectivity index (χ1v) is 12.6. The molecule has 35 heavy (non-hydrogen) atoms. The number of rotatable bonds is 11. The van der Waals surface area contributed by atoms with E-state index < -0.39 is 15.9 Å². The van der Waals surface area contributed by atoms with Crippen molar-refractivity contribution in [1.82, 2.24) is 4.72 Å². The molecule has 3 aromatic rings. The Labute approximate surface area is 214 Å². The number of amides is 1. The van der Waals surface area contributed by atoms with Crippen LogP contribution < -0.4 is 24.2 Å². The predicted octanol–water partition coefficient (Wildman–Crippen LogP) is 4.55. The van der Waals surface area contributed by atoms with E-state index in [1.165, 1.54) is 24.3 Å². The minimum atomic E-state index is -3.72. The predicted molar refractivity (Wildman–Crippen MR) is 135 cm³/mol. The van der Waals surface area contributed by atoms with Gasteiger partial charge >= 0.3 is 0 Å². The number of hydrogen-bond donors (Lipinski definition) is 2. The van der Waals surface area contributed by atoms with Gasteiger partial charge < -0.3 is 19.5 Å². The molecule has 186 valence electrons. The van der Waals surface area contributed by atoms with Crippen LogP contribution in [-0.2, 0) is 21.2 Å². The Bertz CT molecular complexity index is 1280. The number of carbonyl (C=O) groups is 1. The van der Waals surface area contributed by atoms with E-state index in [0.717, 1.165) is 5.56 Å². The quantitative estimate of drug-likeness (QED) is 0.371. The molecule has 0 aromatic heterocycles. The van der Waals surface area contributed by atoms with E-state index >= 15 is 0 Å². The largest absolute Gasteiger partial charge is 0.493 e. The van der Waals surface area contributed by atoms with Gasteiger partial charge in [0.15, 0.2) is 18.1 Å². The van der Waals surface area contributed by atoms with E-state index in [-0.39, 0.29) is 23.1 Å². The molecule has 0 fully saturated rings. The molecule has 2 N–H and O–H groups in total. The van der Waals surface area contributed by atoms with Gasteiger partial charge in [-0.15, -0.1) is 0 Å². The highest BCUT2D eigenvalue weighted by Gasteiger charge is 2.15. The highest BCUT2D eigenvalue weighted by molar-refractivity contribution is 7.89. The van der Waals surface area contributed by atoms with Crippen molar-refractivity contribution >= 4 is 44.8 Å². The lowest BCUT2D eigenvalue weighted by Crippen LogP contribution is -2.26. The second-order valence-corrected chi connectivity index (χ2v) is 9.80. The highest BCUT2D eigenvalue weighted by Crippen LogP contribution is 2.29. The Kier molecular flexibility index (Phi) is 9.22. The van der Waals surface area contributed by atoms with Crippen LogP contribution in [0.25, 0.3) is 0 Å². The van der Waals surface area contributed by atoms with Crippen LogP contribution in [-0.4, -0.2) is 41.7 Å². The zero-order valence-corrected chi connectivity index (χ0v) is 21.3. The standard InChI is InChI=1S/C24H24Cl2N2O6S/c1-32-21-11-6-16(14-22(21)33-2)12-13-27-35(30,31)18-9-7-17(8-10-18)34-15-23(29)28-20-5-3-4-19(25)24(20)26/h3-11,14,27H,12-13,15H2,1-2H3,(H,28,29). The number of sulfonamides is 1. The third-order valence-corrected chi connectivity index (χ3v) is 7.18. The first-order chi connectivity index (χ1) is 16.7. The summed E-state index contributed by atoms with van der Waals surface area (Å²) in [7, 11) is -0.634. The van der Waals surface area contributed by atoms with Gasteiger partial charge in [0.05, 0.1) is 34.8 Å². The van der Waals surface area contributed by atoms with E-state index in [0.29, 0.717) is 34.4 Å². The van der Waals surface area contributed by atoms with Crippen molar-refractivity contribution in [3.63, 3.8) is 0 Å². The van der Waals surface area contributed by atoms with E-state index in [9.17, 15) is 13.2 Å². The summed E-state index contributed by atoms with van der Waals surface area (Å²) in [5.74, 6) is 1.07. The first kappa shape index (κ1) is 26.6. The second kappa shape index (κ2) is 12.1. The molecule has 0 bridgehead atoms. The molecule has 1 amide bonds. The van der Waals surface area contributed by atoms with Gasteiger partial charge in [-0.3, -0.25) is 4.79 Å². The molecule has 0 unspecified atom stereocenters. The number of methoxy groups -OCH3 is 2. The number of hydrogen-bond acceptors (Lipinski definition) is 6. The van der Waals surface area contributed by atoms with Crippen LogP contribution >= 0.6 is 23.2 Å². The first-order valence-electron chi connectivity index (χ1n) is 10.4. The van der Waals surface area contributed by atoms with Gasteiger partial charge in [0.25, 0.3) is 5.91 Å². The zero-order valence-electron chi connectivity index (χ0n) is 19.0. The van der Waals surface area contributed by atoms with Crippen molar-refractivity contribution in [2.45, 2.75) is 11.3 Å². The third-order valence-electron chi connectivity index (χ3n) is 4.88. The highest BCUT2D eigenvalue weighted by atomic mass is 35.5. The lowest BCUT2D eigenvalue weighted by molar-refractivity contribution is -0.118. The maximum Gasteiger partial charge on any atom is 0.262 e. The fourth-order valence-corrected chi connectivity index (χ4v) is 4.48. The molecule has 3 rings (SSSR count). The normalized spacial score (nSPS) is 11.1. The third kappa shape index (κ3) is 7.25. The molecule has 0 spiro atoms. The lowest BCUT2D eigenvalue weighted by Gasteiger charge is -2.11. The van der Waals surface area contributed by atoms with Crippen molar-refractivity contribution < 1.29 is 27.4 Å². The number of ether oxygens (including phenoxy) is 3. The monoisotopic (exact) mass is 538 g/mol. The van der Waals surface area contributed by atoms with Gasteiger partial charge in [-0.25, -0.2) is 13.1 Å². The van der Waals surface area contributed by atoms with Crippen molar-refractivity contribution in [2.75, 3.05) is 32.7 Å². The van der Waals surface area contributed by atoms with E-state index in [1.807, 2.05) is 6.07 Å². The molecular formula is C24H24Cl2N2O6S. The fraction of sp³-hybridized carbons (Fsp3) is 0.208. The van der Waals surface area contributed by atoms with Crippen LogP contribution in [0, 0.1) is 0 Å². The van der Waals surface area contributed by atoms with Crippen LogP contribution in [0.5, 0.6) is 17.2 Å². The second-order valence-electron chi connectivity index (χ2n) is 7.25. The van der Waals surface area contributed by atoms with Gasteiger partial charge in [0.2, 0.25) is 10.0 Å². The molecule has 0 saturated carbocycles. The Morgan fingerprint density at radius 2 is 1.66 bits per heavy atom. The molecule has 0 aliphatic carbocycles. The molecule has 0 aliphatic rings. The molecule has 0 saturated heterocycles. The fourth-order valence-electron chi connectivity index (χ4n) is 3.10. The van der Waals surface area contributed by atoms with Crippen molar-refractivity contribution in [3.8, 4) is 17.2 Å². The Morgan fingerprint density at radius 1 is 0.943 bits per heavy atom. The van der Waals surface area contributed by atoms with Crippen LogP contribution in [0.2, 0.25) is 10.0 Å². The topological polar surface area (TPSA) is 103 Å². The molecule has 3 aromatic carbocycles. The van der Waals surface area contributed by atoms with Crippen LogP contribution in [0.1, 0.15) is 5.56 Å². The van der Waals surface area contributed by atoms with E-state index in [1.54, 1.807) is 44.6 Å². The van der Waals surface area contributed by atoms with Crippen LogP contribution in [0.3, 0.4) is 0 Å². The van der Waals surface area contributed by atoms with Gasteiger partial charge in [-0.1, -0.05) is 35.3 Å². The summed E-state index contributed by atoms with van der Waals surface area (Å²) >= 11 is 12.0. The number of anilines is 1. The minimum absolute atomic E-state index is 0.0762. The Balaban J connectivity index is 1.51. The summed E-state index contributed by atoms with van der Waals surface area (Å²) in [6.07, 6.45) is 0.465. The summed E-state index contributed by atoms with van der Waals surface area (Å²) in [5.41, 5.74) is 1.26. The maximum atomic E-state index is 12.6. The van der Waals surface area contributed by atoms with Crippen molar-refractivity contribution in [1.29, 1.82) is 0 Å². The summed E-state index contributed by atoms with van der Waals surface area (Å²) in [5, 5.41) is 3.16. The molecule has 11 heteroatoms. The average molecular weight is 539 g/mol. The smallest absolute Gasteiger partial charge is 0.262 e. The summed E-state index contributed by atoms with van der Waals surface area (Å²) in [4.78, 5) is 12.2. The summed E-state index contributed by atoms with van der Waals surface area (Å²) in [6.45, 7) is -0.0964. The number of benzene rings is 3. The Hall–Kier alpha value is -2.98. The molecule has 0 aliphatic heterocycles. The SMILES string of the molecule is COc1ccc(CCNS(=O)(=O)c2ccc(OCC(=O)Nc3cccc(Cl)c3Cl)cc2)cc1OC. The molecular weight excluding hydrogens is 515 g/mol. The van der Waals surface area contributed by atoms with Gasteiger partial charge in [-0.05, 0) is 60.5 Å².